The first kappa shape index (κ1) is 19.0. The van der Waals surface area contributed by atoms with Crippen molar-refractivity contribution in [1.82, 2.24) is 15.5 Å². The molecule has 124 valence electrons. The molecule has 21 heavy (non-hydrogen) atoms. The van der Waals surface area contributed by atoms with Crippen molar-refractivity contribution in [3.8, 4) is 0 Å². The number of likely N-dealkylation sites (tertiary alicyclic amines) is 1. The smallest absolute Gasteiger partial charge is 0.190 e. The Bertz CT molecular complexity index is 305. The number of nitrogens with zero attached hydrogens (tertiary/aromatic N) is 2. The fraction of sp³-hybridized carbons (Fsp3) is 0.938. The van der Waals surface area contributed by atoms with Crippen LogP contribution in [0.1, 0.15) is 45.4 Å². The van der Waals surface area contributed by atoms with Crippen molar-refractivity contribution < 1.29 is 0 Å². The van der Waals surface area contributed by atoms with Crippen LogP contribution < -0.4 is 10.6 Å². The molecule has 2 rings (SSSR count). The summed E-state index contributed by atoms with van der Waals surface area (Å²) in [5.41, 5.74) is 0. The second kappa shape index (κ2) is 10.6. The first-order valence-corrected chi connectivity index (χ1v) is 8.45. The summed E-state index contributed by atoms with van der Waals surface area (Å²) in [6.07, 6.45) is 8.10. The molecule has 4 nitrogen and oxygen atoms in total. The van der Waals surface area contributed by atoms with Crippen LogP contribution >= 0.6 is 24.0 Å². The minimum atomic E-state index is 0. The van der Waals surface area contributed by atoms with Gasteiger partial charge in [-0.3, -0.25) is 4.99 Å². The average Bonchev–Trinajstić information content (AvgIpc) is 3.26. The first-order chi connectivity index (χ1) is 9.78. The van der Waals surface area contributed by atoms with Gasteiger partial charge in [0.25, 0.3) is 0 Å². The van der Waals surface area contributed by atoms with E-state index in [2.05, 4.69) is 27.4 Å². The van der Waals surface area contributed by atoms with Gasteiger partial charge in [0.15, 0.2) is 5.96 Å². The standard InChI is InChI=1S/C16H32N4.HI/c1-14-6-5-11-20(13-14)10-4-3-9-18-16(17-2)19-12-15-7-8-15;/h14-15H,3-13H2,1-2H3,(H2,17,18,19);1H. The summed E-state index contributed by atoms with van der Waals surface area (Å²) in [5.74, 6) is 2.77. The van der Waals surface area contributed by atoms with Crippen molar-refractivity contribution in [3.63, 3.8) is 0 Å². The normalized spacial score (nSPS) is 23.5. The maximum Gasteiger partial charge on any atom is 0.190 e. The van der Waals surface area contributed by atoms with Crippen molar-refractivity contribution in [2.45, 2.75) is 45.4 Å². The van der Waals surface area contributed by atoms with E-state index in [1.54, 1.807) is 0 Å². The fourth-order valence-corrected chi connectivity index (χ4v) is 2.94. The van der Waals surface area contributed by atoms with Crippen molar-refractivity contribution in [2.24, 2.45) is 16.8 Å². The summed E-state index contributed by atoms with van der Waals surface area (Å²) < 4.78 is 0. The molecule has 2 aliphatic rings. The fourth-order valence-electron chi connectivity index (χ4n) is 2.94. The predicted octanol–water partition coefficient (Wildman–Crippen LogP) is 2.69. The van der Waals surface area contributed by atoms with E-state index in [4.69, 9.17) is 0 Å². The molecule has 0 bridgehead atoms. The molecule has 0 spiro atoms. The largest absolute Gasteiger partial charge is 0.356 e. The lowest BCUT2D eigenvalue weighted by Crippen LogP contribution is -2.39. The Morgan fingerprint density at radius 1 is 1.19 bits per heavy atom. The number of nitrogens with one attached hydrogen (secondary N) is 2. The quantitative estimate of drug-likeness (QED) is 0.295. The lowest BCUT2D eigenvalue weighted by atomic mass is 10.0. The molecular weight excluding hydrogens is 375 g/mol. The molecule has 1 aliphatic heterocycles. The van der Waals surface area contributed by atoms with E-state index in [9.17, 15) is 0 Å². The van der Waals surface area contributed by atoms with E-state index in [0.29, 0.717) is 0 Å². The van der Waals surface area contributed by atoms with E-state index in [0.717, 1.165) is 30.9 Å². The molecule has 0 amide bonds. The summed E-state index contributed by atoms with van der Waals surface area (Å²) >= 11 is 0. The maximum atomic E-state index is 4.27. The molecule has 2 fully saturated rings. The van der Waals surface area contributed by atoms with Crippen molar-refractivity contribution >= 4 is 29.9 Å². The van der Waals surface area contributed by atoms with Crippen LogP contribution in [0.5, 0.6) is 0 Å². The van der Waals surface area contributed by atoms with E-state index in [1.165, 1.54) is 58.2 Å². The highest BCUT2D eigenvalue weighted by Gasteiger charge is 2.21. The minimum Gasteiger partial charge on any atom is -0.356 e. The highest BCUT2D eigenvalue weighted by molar-refractivity contribution is 14.0. The van der Waals surface area contributed by atoms with Crippen LogP contribution in [0.25, 0.3) is 0 Å². The zero-order chi connectivity index (χ0) is 14.2. The number of unbranched alkanes of at least 4 members (excludes halogenated alkanes) is 1. The van der Waals surface area contributed by atoms with Crippen molar-refractivity contribution in [1.29, 1.82) is 0 Å². The van der Waals surface area contributed by atoms with E-state index >= 15 is 0 Å². The zero-order valence-electron chi connectivity index (χ0n) is 13.7. The van der Waals surface area contributed by atoms with Crippen molar-refractivity contribution in [3.05, 3.63) is 0 Å². The molecule has 2 N–H and O–H groups in total. The van der Waals surface area contributed by atoms with E-state index < -0.39 is 0 Å². The van der Waals surface area contributed by atoms with Crippen LogP contribution in [0.3, 0.4) is 0 Å². The van der Waals surface area contributed by atoms with Gasteiger partial charge in [0, 0.05) is 26.7 Å². The molecule has 1 saturated heterocycles. The second-order valence-corrected chi connectivity index (χ2v) is 6.58. The summed E-state index contributed by atoms with van der Waals surface area (Å²) in [5, 5.41) is 6.83. The molecule has 0 radical (unpaired) electrons. The predicted molar refractivity (Wildman–Crippen MR) is 102 cm³/mol. The third-order valence-corrected chi connectivity index (χ3v) is 4.41. The van der Waals surface area contributed by atoms with Crippen LogP contribution in [-0.2, 0) is 0 Å². The summed E-state index contributed by atoms with van der Waals surface area (Å²) in [4.78, 5) is 6.90. The summed E-state index contributed by atoms with van der Waals surface area (Å²) in [6, 6.07) is 0. The molecule has 1 saturated carbocycles. The molecule has 0 aromatic carbocycles. The number of piperidine rings is 1. The maximum absolute atomic E-state index is 4.27. The van der Waals surface area contributed by atoms with E-state index in [-0.39, 0.29) is 24.0 Å². The number of hydrogen-bond donors (Lipinski definition) is 2. The minimum absolute atomic E-state index is 0. The Morgan fingerprint density at radius 3 is 2.67 bits per heavy atom. The first-order valence-electron chi connectivity index (χ1n) is 8.45. The lowest BCUT2D eigenvalue weighted by Gasteiger charge is -2.30. The Hall–Kier alpha value is -0.0400. The highest BCUT2D eigenvalue weighted by Crippen LogP contribution is 2.27. The topological polar surface area (TPSA) is 39.7 Å². The third kappa shape index (κ3) is 8.24. The van der Waals surface area contributed by atoms with Crippen LogP contribution in [0.15, 0.2) is 4.99 Å². The monoisotopic (exact) mass is 408 g/mol. The molecule has 1 atom stereocenters. The number of halogens is 1. The Morgan fingerprint density at radius 2 is 2.00 bits per heavy atom. The summed E-state index contributed by atoms with van der Waals surface area (Å²) in [7, 11) is 1.86. The van der Waals surface area contributed by atoms with Gasteiger partial charge in [-0.2, -0.15) is 0 Å². The number of guanidine groups is 1. The lowest BCUT2D eigenvalue weighted by molar-refractivity contribution is 0.181. The average molecular weight is 408 g/mol. The SMILES string of the molecule is CN=C(NCCCCN1CCCC(C)C1)NCC1CC1.I. The van der Waals surface area contributed by atoms with Gasteiger partial charge in [-0.25, -0.2) is 0 Å². The zero-order valence-corrected chi connectivity index (χ0v) is 16.1. The summed E-state index contributed by atoms with van der Waals surface area (Å²) in [6.45, 7) is 8.38. The molecule has 0 aromatic heterocycles. The van der Waals surface area contributed by atoms with Crippen LogP contribution in [0.2, 0.25) is 0 Å². The molecule has 1 aliphatic carbocycles. The number of aliphatic imine (C=N–C) groups is 1. The third-order valence-electron chi connectivity index (χ3n) is 4.41. The molecule has 5 heteroatoms. The van der Waals surface area contributed by atoms with Crippen LogP contribution in [0, 0.1) is 11.8 Å². The van der Waals surface area contributed by atoms with Gasteiger partial charge < -0.3 is 15.5 Å². The van der Waals surface area contributed by atoms with Crippen molar-refractivity contribution in [2.75, 3.05) is 39.8 Å². The van der Waals surface area contributed by atoms with Gasteiger partial charge in [0.05, 0.1) is 0 Å². The molecule has 1 heterocycles. The highest BCUT2D eigenvalue weighted by atomic mass is 127. The number of rotatable bonds is 7. The van der Waals surface area contributed by atoms with Gasteiger partial charge in [-0.1, -0.05) is 6.92 Å². The Balaban J connectivity index is 0.00000220. The van der Waals surface area contributed by atoms with Gasteiger partial charge in [-0.15, -0.1) is 24.0 Å². The molecule has 0 aromatic rings. The van der Waals surface area contributed by atoms with Gasteiger partial charge >= 0.3 is 0 Å². The van der Waals surface area contributed by atoms with Crippen LogP contribution in [0.4, 0.5) is 0 Å². The number of hydrogen-bond acceptors (Lipinski definition) is 2. The van der Waals surface area contributed by atoms with Gasteiger partial charge in [-0.05, 0) is 63.5 Å². The Labute approximate surface area is 147 Å². The van der Waals surface area contributed by atoms with Crippen LogP contribution in [-0.4, -0.2) is 50.6 Å². The van der Waals surface area contributed by atoms with E-state index in [1.807, 2.05) is 7.05 Å². The molecule has 1 unspecified atom stereocenters. The molecular formula is C16H33IN4. The second-order valence-electron chi connectivity index (χ2n) is 6.58. The van der Waals surface area contributed by atoms with Gasteiger partial charge in [0.1, 0.15) is 0 Å². The van der Waals surface area contributed by atoms with Gasteiger partial charge in [0.2, 0.25) is 0 Å². The Kier molecular flexibility index (Phi) is 9.64.